The molecule has 0 spiro atoms. The number of sulfonamides is 1. The average molecular weight is 403 g/mol. The summed E-state index contributed by atoms with van der Waals surface area (Å²) in [5.41, 5.74) is 2.35. The number of carbonyl (C=O) groups is 1. The van der Waals surface area contributed by atoms with Crippen molar-refractivity contribution >= 4 is 27.3 Å². The molecule has 0 bridgehead atoms. The molecule has 0 radical (unpaired) electrons. The predicted octanol–water partition coefficient (Wildman–Crippen LogP) is 3.97. The van der Waals surface area contributed by atoms with Crippen molar-refractivity contribution in [3.63, 3.8) is 0 Å². The lowest BCUT2D eigenvalue weighted by Crippen LogP contribution is -2.35. The van der Waals surface area contributed by atoms with Crippen molar-refractivity contribution in [1.29, 1.82) is 0 Å². The van der Waals surface area contributed by atoms with Crippen LogP contribution in [0.4, 0.5) is 11.4 Å². The number of hydrogen-bond acceptors (Lipinski definition) is 4. The smallest absolute Gasteiger partial charge is 0.261 e. The third-order valence-electron chi connectivity index (χ3n) is 4.59. The van der Waals surface area contributed by atoms with Crippen molar-refractivity contribution < 1.29 is 17.9 Å². The van der Waals surface area contributed by atoms with Gasteiger partial charge in [0.1, 0.15) is 5.75 Å². The Morgan fingerprint density at radius 1 is 1.04 bits per heavy atom. The maximum atomic E-state index is 12.7. The van der Waals surface area contributed by atoms with E-state index < -0.39 is 10.0 Å². The van der Waals surface area contributed by atoms with E-state index in [4.69, 9.17) is 4.74 Å². The van der Waals surface area contributed by atoms with Crippen molar-refractivity contribution in [3.8, 4) is 5.75 Å². The number of ether oxygens (including phenoxy) is 1. The van der Waals surface area contributed by atoms with Crippen molar-refractivity contribution in [3.05, 3.63) is 48.0 Å². The molecule has 28 heavy (non-hydrogen) atoms. The summed E-state index contributed by atoms with van der Waals surface area (Å²) in [4.78, 5) is 14.1. The highest BCUT2D eigenvalue weighted by atomic mass is 32.2. The molecule has 0 saturated carbocycles. The highest BCUT2D eigenvalue weighted by Crippen LogP contribution is 2.31. The van der Waals surface area contributed by atoms with Gasteiger partial charge in [-0.25, -0.2) is 8.42 Å². The topological polar surface area (TPSA) is 75.7 Å². The normalized spacial score (nSPS) is 13.9. The molecule has 0 saturated heterocycles. The van der Waals surface area contributed by atoms with E-state index in [2.05, 4.69) is 4.72 Å². The first-order valence-electron chi connectivity index (χ1n) is 9.63. The third-order valence-corrected chi connectivity index (χ3v) is 5.98. The number of amides is 1. The minimum atomic E-state index is -3.70. The second kappa shape index (κ2) is 8.65. The molecule has 0 aliphatic carbocycles. The highest BCUT2D eigenvalue weighted by Gasteiger charge is 2.24. The number of carbonyl (C=O) groups excluding carboxylic acids is 1. The lowest BCUT2D eigenvalue weighted by molar-refractivity contribution is -0.118. The Hall–Kier alpha value is -2.54. The van der Waals surface area contributed by atoms with Crippen molar-refractivity contribution in [2.24, 2.45) is 0 Å². The Labute approximate surface area is 166 Å². The molecule has 1 amide bonds. The van der Waals surface area contributed by atoms with Crippen molar-refractivity contribution in [1.82, 2.24) is 0 Å². The van der Waals surface area contributed by atoms with Crippen LogP contribution >= 0.6 is 0 Å². The van der Waals surface area contributed by atoms with Gasteiger partial charge in [0.05, 0.1) is 11.5 Å². The van der Waals surface area contributed by atoms with E-state index in [1.54, 1.807) is 23.1 Å². The van der Waals surface area contributed by atoms with Gasteiger partial charge < -0.3 is 9.64 Å². The summed E-state index contributed by atoms with van der Waals surface area (Å²) < 4.78 is 33.5. The molecule has 0 aromatic heterocycles. The molecule has 7 heteroatoms. The van der Waals surface area contributed by atoms with Crippen LogP contribution in [-0.2, 0) is 21.2 Å². The van der Waals surface area contributed by atoms with Gasteiger partial charge in [-0.05, 0) is 67.3 Å². The van der Waals surface area contributed by atoms with Crippen LogP contribution in [0.25, 0.3) is 0 Å². The van der Waals surface area contributed by atoms with Crippen LogP contribution in [0.5, 0.6) is 5.75 Å². The van der Waals surface area contributed by atoms with Gasteiger partial charge in [0, 0.05) is 24.3 Å². The molecule has 1 heterocycles. The minimum Gasteiger partial charge on any atom is -0.494 e. The first kappa shape index (κ1) is 20.2. The molecule has 150 valence electrons. The second-order valence-corrected chi connectivity index (χ2v) is 8.50. The van der Waals surface area contributed by atoms with Crippen LogP contribution < -0.4 is 14.4 Å². The average Bonchev–Trinajstić information content (AvgIpc) is 2.68. The fourth-order valence-electron chi connectivity index (χ4n) is 3.24. The van der Waals surface area contributed by atoms with E-state index in [0.29, 0.717) is 37.4 Å². The van der Waals surface area contributed by atoms with Gasteiger partial charge in [0.2, 0.25) is 5.91 Å². The molecule has 1 aliphatic rings. The number of anilines is 2. The van der Waals surface area contributed by atoms with Crippen LogP contribution in [0.3, 0.4) is 0 Å². The molecule has 0 atom stereocenters. The SMILES string of the molecule is CCCOc1ccc(S(=O)(=O)Nc2ccc3c(c2)CCC(=O)N3CCC)cc1. The van der Waals surface area contributed by atoms with Gasteiger partial charge in [-0.3, -0.25) is 9.52 Å². The molecule has 1 aliphatic heterocycles. The summed E-state index contributed by atoms with van der Waals surface area (Å²) in [5, 5.41) is 0. The number of nitrogens with one attached hydrogen (secondary N) is 1. The summed E-state index contributed by atoms with van der Waals surface area (Å²) in [6.07, 6.45) is 2.83. The highest BCUT2D eigenvalue weighted by molar-refractivity contribution is 7.92. The molecule has 0 unspecified atom stereocenters. The third kappa shape index (κ3) is 4.47. The molecular weight excluding hydrogens is 376 g/mol. The van der Waals surface area contributed by atoms with Crippen LogP contribution in [0, 0.1) is 0 Å². The van der Waals surface area contributed by atoms with Gasteiger partial charge in [-0.2, -0.15) is 0 Å². The molecular formula is C21H26N2O4S. The van der Waals surface area contributed by atoms with E-state index in [1.807, 2.05) is 26.0 Å². The quantitative estimate of drug-likeness (QED) is 0.725. The minimum absolute atomic E-state index is 0.119. The number of rotatable bonds is 8. The van der Waals surface area contributed by atoms with Crippen molar-refractivity contribution in [2.45, 2.75) is 44.4 Å². The first-order chi connectivity index (χ1) is 13.4. The van der Waals surface area contributed by atoms with Gasteiger partial charge in [0.25, 0.3) is 10.0 Å². The predicted molar refractivity (Wildman–Crippen MR) is 110 cm³/mol. The van der Waals surface area contributed by atoms with Gasteiger partial charge >= 0.3 is 0 Å². The molecule has 0 fully saturated rings. The van der Waals surface area contributed by atoms with Gasteiger partial charge in [-0.1, -0.05) is 13.8 Å². The van der Waals surface area contributed by atoms with E-state index in [9.17, 15) is 13.2 Å². The van der Waals surface area contributed by atoms with Gasteiger partial charge in [0.15, 0.2) is 0 Å². The van der Waals surface area contributed by atoms with Crippen LogP contribution in [0.2, 0.25) is 0 Å². The van der Waals surface area contributed by atoms with E-state index >= 15 is 0 Å². The maximum Gasteiger partial charge on any atom is 0.261 e. The number of hydrogen-bond donors (Lipinski definition) is 1. The second-order valence-electron chi connectivity index (χ2n) is 6.81. The Kier molecular flexibility index (Phi) is 6.24. The monoisotopic (exact) mass is 402 g/mol. The van der Waals surface area contributed by atoms with E-state index in [0.717, 1.165) is 24.1 Å². The zero-order valence-electron chi connectivity index (χ0n) is 16.3. The molecule has 2 aromatic carbocycles. The maximum absolute atomic E-state index is 12.7. The van der Waals surface area contributed by atoms with Crippen LogP contribution in [0.1, 0.15) is 38.7 Å². The van der Waals surface area contributed by atoms with Crippen LogP contribution in [-0.4, -0.2) is 27.5 Å². The summed E-state index contributed by atoms with van der Waals surface area (Å²) in [5.74, 6) is 0.767. The first-order valence-corrected chi connectivity index (χ1v) is 11.1. The van der Waals surface area contributed by atoms with Crippen molar-refractivity contribution in [2.75, 3.05) is 22.8 Å². The van der Waals surface area contributed by atoms with Crippen LogP contribution in [0.15, 0.2) is 47.4 Å². The van der Waals surface area contributed by atoms with Gasteiger partial charge in [-0.15, -0.1) is 0 Å². The number of aryl methyl sites for hydroxylation is 1. The van der Waals surface area contributed by atoms with E-state index in [1.165, 1.54) is 12.1 Å². The largest absolute Gasteiger partial charge is 0.494 e. The summed E-state index contributed by atoms with van der Waals surface area (Å²) in [7, 11) is -3.70. The fraction of sp³-hybridized carbons (Fsp3) is 0.381. The number of benzene rings is 2. The Balaban J connectivity index is 1.78. The van der Waals surface area contributed by atoms with E-state index in [-0.39, 0.29) is 10.8 Å². The Morgan fingerprint density at radius 3 is 2.46 bits per heavy atom. The zero-order valence-corrected chi connectivity index (χ0v) is 17.1. The number of nitrogens with zero attached hydrogens (tertiary/aromatic N) is 1. The molecule has 6 nitrogen and oxygen atoms in total. The number of fused-ring (bicyclic) bond motifs is 1. The molecule has 3 rings (SSSR count). The lowest BCUT2D eigenvalue weighted by atomic mass is 10.0. The summed E-state index contributed by atoms with van der Waals surface area (Å²) >= 11 is 0. The zero-order chi connectivity index (χ0) is 20.1. The Bertz CT molecular complexity index is 939. The summed E-state index contributed by atoms with van der Waals surface area (Å²) in [6, 6.07) is 11.7. The Morgan fingerprint density at radius 2 is 1.79 bits per heavy atom. The fourth-order valence-corrected chi connectivity index (χ4v) is 4.29. The summed E-state index contributed by atoms with van der Waals surface area (Å²) in [6.45, 7) is 5.31. The lowest BCUT2D eigenvalue weighted by Gasteiger charge is -2.29. The molecule has 1 N–H and O–H groups in total. The molecule has 2 aromatic rings. The standard InChI is InChI=1S/C21H26N2O4S/c1-3-13-23-20-11-6-17(15-16(20)5-12-21(23)24)22-28(25,26)19-9-7-18(8-10-19)27-14-4-2/h6-11,15,22H,3-5,12-14H2,1-2H3.